The summed E-state index contributed by atoms with van der Waals surface area (Å²) in [6, 6.07) is 0. The Morgan fingerprint density at radius 3 is 2.25 bits per heavy atom. The summed E-state index contributed by atoms with van der Waals surface area (Å²) in [7, 11) is 1.51. The molecule has 0 heterocycles. The van der Waals surface area contributed by atoms with Crippen LogP contribution in [-0.4, -0.2) is 48.9 Å². The van der Waals surface area contributed by atoms with E-state index in [0.717, 1.165) is 0 Å². The van der Waals surface area contributed by atoms with Crippen LogP contribution in [0.15, 0.2) is 0 Å². The van der Waals surface area contributed by atoms with Gasteiger partial charge in [-0.05, 0) is 0 Å². The fourth-order valence-corrected chi connectivity index (χ4v) is 0.813. The summed E-state index contributed by atoms with van der Waals surface area (Å²) in [4.78, 5) is 8.57. The molecule has 0 aliphatic heterocycles. The lowest BCUT2D eigenvalue weighted by Crippen LogP contribution is -2.37. The summed E-state index contributed by atoms with van der Waals surface area (Å²) >= 11 is 0. The first-order valence-electron chi connectivity index (χ1n) is 3.38. The van der Waals surface area contributed by atoms with E-state index in [2.05, 4.69) is 9.20 Å². The molecule has 1 unspecified atom stereocenters. The second-order valence-electron chi connectivity index (χ2n) is 3.40. The lowest BCUT2D eigenvalue weighted by molar-refractivity contribution is -0.870. The molecule has 7 heteroatoms. The van der Waals surface area contributed by atoms with Crippen LogP contribution in [0.2, 0.25) is 0 Å². The minimum Gasteiger partial charge on any atom is -0.329 e. The molecular weight excluding hydrogens is 185 g/mol. The predicted octanol–water partition coefficient (Wildman–Crippen LogP) is 0.299. The molecule has 0 rings (SSSR count). The summed E-state index contributed by atoms with van der Waals surface area (Å²) in [5.74, 6) is 0. The molecule has 1 atom stereocenters. The highest BCUT2D eigenvalue weighted by molar-refractivity contribution is 7.47. The number of quaternary nitrogens is 1. The Balaban J connectivity index is 3.65. The van der Waals surface area contributed by atoms with Crippen LogP contribution in [0.25, 0.3) is 0 Å². The lowest BCUT2D eigenvalue weighted by atomic mass is 10.5. The van der Waals surface area contributed by atoms with Crippen molar-refractivity contribution in [2.75, 3.05) is 34.3 Å². The number of hydrogen-bond acceptors (Lipinski definition) is 4. The van der Waals surface area contributed by atoms with Crippen molar-refractivity contribution >= 4 is 7.82 Å². The highest BCUT2D eigenvalue weighted by Crippen LogP contribution is 2.41. The Kier molecular flexibility index (Phi) is 4.33. The molecule has 74 valence electrons. The number of phosphoric acid groups is 1. The van der Waals surface area contributed by atoms with Crippen molar-refractivity contribution in [2.24, 2.45) is 0 Å². The van der Waals surface area contributed by atoms with Crippen molar-refractivity contribution in [3.63, 3.8) is 0 Å². The van der Waals surface area contributed by atoms with E-state index in [4.69, 9.17) is 10.2 Å². The van der Waals surface area contributed by atoms with Crippen LogP contribution in [0.4, 0.5) is 0 Å². The molecule has 0 aromatic rings. The molecule has 0 radical (unpaired) electrons. The Hall–Kier alpha value is 0.0300. The normalized spacial score (nSPS) is 17.4. The fourth-order valence-electron chi connectivity index (χ4n) is 0.454. The smallest absolute Gasteiger partial charge is 0.329 e. The quantitative estimate of drug-likeness (QED) is 0.289. The summed E-state index contributed by atoms with van der Waals surface area (Å²) in [5, 5.41) is 7.88. The average Bonchev–Trinajstić information content (AvgIpc) is 1.84. The molecule has 0 aliphatic rings. The Bertz CT molecular complexity index is 177. The molecule has 2 N–H and O–H groups in total. The molecule has 6 nitrogen and oxygen atoms in total. The van der Waals surface area contributed by atoms with Gasteiger partial charge in [0.15, 0.2) is 0 Å². The molecule has 12 heavy (non-hydrogen) atoms. The zero-order chi connectivity index (χ0) is 9.83. The van der Waals surface area contributed by atoms with Gasteiger partial charge in [-0.2, -0.15) is 0 Å². The average molecular weight is 200 g/mol. The molecule has 0 aliphatic carbocycles. The zero-order valence-corrected chi connectivity index (χ0v) is 8.32. The summed E-state index contributed by atoms with van der Waals surface area (Å²) in [5.41, 5.74) is 0. The molecule has 0 bridgehead atoms. The largest absolute Gasteiger partial charge is 0.499 e. The summed E-state index contributed by atoms with van der Waals surface area (Å²) in [6.07, 6.45) is 0. The maximum Gasteiger partial charge on any atom is 0.499 e. The molecule has 0 aromatic carbocycles. The minimum absolute atomic E-state index is 0.0534. The van der Waals surface area contributed by atoms with Gasteiger partial charge in [-0.25, -0.2) is 9.82 Å². The first kappa shape index (κ1) is 12.0. The van der Waals surface area contributed by atoms with Gasteiger partial charge in [-0.15, -0.1) is 4.67 Å². The van der Waals surface area contributed by atoms with Gasteiger partial charge < -0.3 is 9.38 Å². The molecule has 0 fully saturated rings. The van der Waals surface area contributed by atoms with E-state index in [1.54, 1.807) is 0 Å². The van der Waals surface area contributed by atoms with Crippen LogP contribution >= 0.6 is 7.82 Å². The second kappa shape index (κ2) is 4.32. The topological polar surface area (TPSA) is 76.0 Å². The first-order valence-corrected chi connectivity index (χ1v) is 4.87. The van der Waals surface area contributed by atoms with E-state index in [1.807, 2.05) is 21.1 Å². The minimum atomic E-state index is -4.21. The van der Waals surface area contributed by atoms with E-state index in [0.29, 0.717) is 11.0 Å². The van der Waals surface area contributed by atoms with Crippen LogP contribution in [0.5, 0.6) is 0 Å². The first-order chi connectivity index (χ1) is 5.27. The standard InChI is InChI=1S/C5H14NO5P/c1-6(2,3)4-5-10-12(8,9)11-7/h4-5H2,1-3H3,(H-,7,8,9)/p+1. The third-order valence-corrected chi connectivity index (χ3v) is 1.83. The van der Waals surface area contributed by atoms with Crippen molar-refractivity contribution in [2.45, 2.75) is 0 Å². The summed E-state index contributed by atoms with van der Waals surface area (Å²) < 4.78 is 18.7. The predicted molar refractivity (Wildman–Crippen MR) is 42.4 cm³/mol. The van der Waals surface area contributed by atoms with E-state index >= 15 is 0 Å². The van der Waals surface area contributed by atoms with Crippen LogP contribution < -0.4 is 0 Å². The van der Waals surface area contributed by atoms with Crippen molar-refractivity contribution in [1.29, 1.82) is 0 Å². The van der Waals surface area contributed by atoms with Crippen LogP contribution in [0.3, 0.4) is 0 Å². The van der Waals surface area contributed by atoms with E-state index in [1.165, 1.54) is 0 Å². The maximum absolute atomic E-state index is 10.5. The van der Waals surface area contributed by atoms with Gasteiger partial charge in [-0.1, -0.05) is 0 Å². The van der Waals surface area contributed by atoms with E-state index < -0.39 is 7.82 Å². The summed E-state index contributed by atoms with van der Waals surface area (Å²) in [6.45, 7) is 0.603. The number of phosphoric ester groups is 1. The lowest BCUT2D eigenvalue weighted by Gasteiger charge is -2.23. The van der Waals surface area contributed by atoms with Gasteiger partial charge in [0.25, 0.3) is 0 Å². The maximum atomic E-state index is 10.5. The van der Waals surface area contributed by atoms with Gasteiger partial charge in [-0.3, -0.25) is 4.52 Å². The van der Waals surface area contributed by atoms with Crippen LogP contribution in [0.1, 0.15) is 0 Å². The molecule has 0 spiro atoms. The third kappa shape index (κ3) is 6.72. The van der Waals surface area contributed by atoms with Gasteiger partial charge in [0, 0.05) is 0 Å². The number of rotatable bonds is 5. The Labute approximate surface area is 71.5 Å². The molecule has 0 saturated carbocycles. The molecular formula is C5H15NO5P+. The van der Waals surface area contributed by atoms with Crippen molar-refractivity contribution in [3.8, 4) is 0 Å². The fraction of sp³-hybridized carbons (Fsp3) is 1.00. The highest BCUT2D eigenvalue weighted by Gasteiger charge is 2.21. The number of nitrogens with zero attached hydrogens (tertiary/aromatic N) is 1. The van der Waals surface area contributed by atoms with Gasteiger partial charge >= 0.3 is 7.82 Å². The number of likely N-dealkylation sites (N-methyl/N-ethyl adjacent to an activating group) is 1. The van der Waals surface area contributed by atoms with Crippen molar-refractivity contribution in [1.82, 2.24) is 0 Å². The molecule has 0 amide bonds. The molecule has 0 aromatic heterocycles. The van der Waals surface area contributed by atoms with Crippen LogP contribution in [-0.2, 0) is 13.8 Å². The Morgan fingerprint density at radius 1 is 1.42 bits per heavy atom. The van der Waals surface area contributed by atoms with Gasteiger partial charge in [0.05, 0.1) is 21.1 Å². The SMILES string of the molecule is C[N+](C)(C)CCOP(=O)(O)OO. The monoisotopic (exact) mass is 200 g/mol. The van der Waals surface area contributed by atoms with Crippen molar-refractivity contribution < 1.29 is 28.4 Å². The van der Waals surface area contributed by atoms with Crippen LogP contribution in [0, 0.1) is 0 Å². The van der Waals surface area contributed by atoms with Crippen molar-refractivity contribution in [3.05, 3.63) is 0 Å². The number of hydrogen-bond donors (Lipinski definition) is 2. The second-order valence-corrected chi connectivity index (χ2v) is 4.76. The molecule has 0 saturated heterocycles. The Morgan fingerprint density at radius 2 is 1.92 bits per heavy atom. The van der Waals surface area contributed by atoms with Gasteiger partial charge in [0.2, 0.25) is 0 Å². The van der Waals surface area contributed by atoms with E-state index in [9.17, 15) is 4.57 Å². The highest BCUT2D eigenvalue weighted by atomic mass is 31.2. The van der Waals surface area contributed by atoms with E-state index in [-0.39, 0.29) is 6.61 Å². The zero-order valence-electron chi connectivity index (χ0n) is 7.43. The third-order valence-electron chi connectivity index (χ3n) is 1.12. The van der Waals surface area contributed by atoms with Gasteiger partial charge in [0.1, 0.15) is 13.2 Å².